The van der Waals surface area contributed by atoms with E-state index in [1.165, 1.54) is 0 Å². The van der Waals surface area contributed by atoms with E-state index in [0.29, 0.717) is 17.8 Å². The zero-order valence-corrected chi connectivity index (χ0v) is 9.44. The zero-order chi connectivity index (χ0) is 12.0. The summed E-state index contributed by atoms with van der Waals surface area (Å²) in [4.78, 5) is 15.8. The topological polar surface area (TPSA) is 68.0 Å². The van der Waals surface area contributed by atoms with Crippen LogP contribution in [0.4, 0.5) is 0 Å². The van der Waals surface area contributed by atoms with Crippen molar-refractivity contribution in [2.75, 3.05) is 0 Å². The Hall–Kier alpha value is -1.68. The van der Waals surface area contributed by atoms with Gasteiger partial charge < -0.3 is 11.1 Å². The first kappa shape index (κ1) is 12.4. The molecule has 1 rings (SSSR count). The molecule has 1 aromatic heterocycles. The van der Waals surface area contributed by atoms with Gasteiger partial charge in [0.25, 0.3) is 5.91 Å². The van der Waals surface area contributed by atoms with Crippen molar-refractivity contribution in [1.29, 1.82) is 0 Å². The maximum Gasteiger partial charge on any atom is 0.251 e. The molecule has 16 heavy (non-hydrogen) atoms. The number of carbonyl (C=O) groups excluding carboxylic acids is 1. The molecule has 86 valence electrons. The Balaban J connectivity index is 2.68. The van der Waals surface area contributed by atoms with Gasteiger partial charge >= 0.3 is 0 Å². The normalized spacial score (nSPS) is 11.9. The molecule has 0 saturated heterocycles. The minimum atomic E-state index is -0.105. The summed E-state index contributed by atoms with van der Waals surface area (Å²) in [5.74, 6) is -0.105. The highest BCUT2D eigenvalue weighted by Crippen LogP contribution is 2.02. The molecule has 0 spiro atoms. The standard InChI is InChI=1S/C12H17N3O/c1-3-4-9(2)15-12(16)10-5-6-14-11(7-10)8-13/h3,5-7,9H,1,4,8,13H2,2H3,(H,15,16). The van der Waals surface area contributed by atoms with E-state index in [4.69, 9.17) is 5.73 Å². The number of nitrogens with one attached hydrogen (secondary N) is 1. The maximum absolute atomic E-state index is 11.8. The van der Waals surface area contributed by atoms with Crippen LogP contribution in [0.15, 0.2) is 31.0 Å². The van der Waals surface area contributed by atoms with Gasteiger partial charge in [-0.1, -0.05) is 6.08 Å². The van der Waals surface area contributed by atoms with Crippen molar-refractivity contribution >= 4 is 5.91 Å². The third kappa shape index (κ3) is 3.47. The Morgan fingerprint density at radius 1 is 1.75 bits per heavy atom. The number of hydrogen-bond donors (Lipinski definition) is 2. The van der Waals surface area contributed by atoms with Crippen LogP contribution >= 0.6 is 0 Å². The van der Waals surface area contributed by atoms with Crippen molar-refractivity contribution in [1.82, 2.24) is 10.3 Å². The number of pyridine rings is 1. The second-order valence-corrected chi connectivity index (χ2v) is 3.64. The van der Waals surface area contributed by atoms with E-state index in [1.807, 2.05) is 6.92 Å². The molecule has 0 aliphatic rings. The summed E-state index contributed by atoms with van der Waals surface area (Å²) in [7, 11) is 0. The fourth-order valence-electron chi connectivity index (χ4n) is 1.35. The molecule has 0 saturated carbocycles. The number of carbonyl (C=O) groups is 1. The molecular formula is C12H17N3O. The molecule has 0 bridgehead atoms. The maximum atomic E-state index is 11.8. The van der Waals surface area contributed by atoms with Crippen LogP contribution in [0.25, 0.3) is 0 Å². The first-order valence-corrected chi connectivity index (χ1v) is 5.24. The minimum Gasteiger partial charge on any atom is -0.349 e. The van der Waals surface area contributed by atoms with Crippen LogP contribution in [0.3, 0.4) is 0 Å². The Morgan fingerprint density at radius 2 is 2.50 bits per heavy atom. The number of nitrogens with zero attached hydrogens (tertiary/aromatic N) is 1. The summed E-state index contributed by atoms with van der Waals surface area (Å²) in [5, 5.41) is 2.87. The van der Waals surface area contributed by atoms with Crippen molar-refractivity contribution in [3.8, 4) is 0 Å². The predicted octanol–water partition coefficient (Wildman–Crippen LogP) is 1.23. The lowest BCUT2D eigenvalue weighted by atomic mass is 10.2. The van der Waals surface area contributed by atoms with E-state index >= 15 is 0 Å². The molecule has 1 amide bonds. The van der Waals surface area contributed by atoms with Crippen LogP contribution in [0, 0.1) is 0 Å². The third-order valence-corrected chi connectivity index (χ3v) is 2.19. The molecule has 1 heterocycles. The lowest BCUT2D eigenvalue weighted by Gasteiger charge is -2.11. The van der Waals surface area contributed by atoms with Gasteiger partial charge in [0.05, 0.1) is 5.69 Å². The molecule has 0 fully saturated rings. The molecule has 1 aromatic rings. The number of rotatable bonds is 5. The Labute approximate surface area is 95.6 Å². The van der Waals surface area contributed by atoms with Crippen LogP contribution in [0.1, 0.15) is 29.4 Å². The molecule has 0 radical (unpaired) electrons. The van der Waals surface area contributed by atoms with Crippen LogP contribution in [-0.2, 0) is 6.54 Å². The molecule has 0 aliphatic carbocycles. The van der Waals surface area contributed by atoms with Gasteiger partial charge in [0.15, 0.2) is 0 Å². The van der Waals surface area contributed by atoms with E-state index < -0.39 is 0 Å². The van der Waals surface area contributed by atoms with Gasteiger partial charge in [-0.3, -0.25) is 9.78 Å². The third-order valence-electron chi connectivity index (χ3n) is 2.19. The highest BCUT2D eigenvalue weighted by molar-refractivity contribution is 5.94. The summed E-state index contributed by atoms with van der Waals surface area (Å²) in [6.45, 7) is 5.90. The van der Waals surface area contributed by atoms with E-state index in [9.17, 15) is 4.79 Å². The molecule has 0 aromatic carbocycles. The summed E-state index contributed by atoms with van der Waals surface area (Å²) >= 11 is 0. The van der Waals surface area contributed by atoms with Gasteiger partial charge in [-0.2, -0.15) is 0 Å². The molecular weight excluding hydrogens is 202 g/mol. The Kier molecular flexibility index (Phi) is 4.66. The van der Waals surface area contributed by atoms with Gasteiger partial charge in [0, 0.05) is 24.3 Å². The predicted molar refractivity (Wildman–Crippen MR) is 63.9 cm³/mol. The fourth-order valence-corrected chi connectivity index (χ4v) is 1.35. The van der Waals surface area contributed by atoms with E-state index in [0.717, 1.165) is 6.42 Å². The highest BCUT2D eigenvalue weighted by Gasteiger charge is 2.09. The van der Waals surface area contributed by atoms with Crippen LogP contribution < -0.4 is 11.1 Å². The molecule has 3 N–H and O–H groups in total. The number of nitrogens with two attached hydrogens (primary N) is 1. The second kappa shape index (κ2) is 6.02. The van der Waals surface area contributed by atoms with Crippen LogP contribution in [0.2, 0.25) is 0 Å². The van der Waals surface area contributed by atoms with E-state index in [1.54, 1.807) is 24.4 Å². The van der Waals surface area contributed by atoms with Crippen LogP contribution in [-0.4, -0.2) is 16.9 Å². The highest BCUT2D eigenvalue weighted by atomic mass is 16.1. The first-order valence-electron chi connectivity index (χ1n) is 5.24. The number of hydrogen-bond acceptors (Lipinski definition) is 3. The van der Waals surface area contributed by atoms with Crippen molar-refractivity contribution < 1.29 is 4.79 Å². The quantitative estimate of drug-likeness (QED) is 0.732. The Bertz CT molecular complexity index is 376. The molecule has 4 nitrogen and oxygen atoms in total. The second-order valence-electron chi connectivity index (χ2n) is 3.64. The fraction of sp³-hybridized carbons (Fsp3) is 0.333. The summed E-state index contributed by atoms with van der Waals surface area (Å²) in [6.07, 6.45) is 4.12. The Morgan fingerprint density at radius 3 is 3.12 bits per heavy atom. The van der Waals surface area contributed by atoms with Gasteiger partial charge in [-0.15, -0.1) is 6.58 Å². The molecule has 1 unspecified atom stereocenters. The van der Waals surface area contributed by atoms with E-state index in [-0.39, 0.29) is 11.9 Å². The van der Waals surface area contributed by atoms with Crippen LogP contribution in [0.5, 0.6) is 0 Å². The first-order chi connectivity index (χ1) is 7.67. The summed E-state index contributed by atoms with van der Waals surface area (Å²) in [6, 6.07) is 3.46. The molecule has 4 heteroatoms. The smallest absolute Gasteiger partial charge is 0.251 e. The lowest BCUT2D eigenvalue weighted by Crippen LogP contribution is -2.32. The van der Waals surface area contributed by atoms with Gasteiger partial charge in [0.2, 0.25) is 0 Å². The van der Waals surface area contributed by atoms with Gasteiger partial charge in [-0.05, 0) is 25.5 Å². The minimum absolute atomic E-state index is 0.0829. The molecule has 1 atom stereocenters. The van der Waals surface area contributed by atoms with Crippen molar-refractivity contribution in [2.24, 2.45) is 5.73 Å². The van der Waals surface area contributed by atoms with E-state index in [2.05, 4.69) is 16.9 Å². The summed E-state index contributed by atoms with van der Waals surface area (Å²) < 4.78 is 0. The summed E-state index contributed by atoms with van der Waals surface area (Å²) in [5.41, 5.74) is 6.76. The molecule has 0 aliphatic heterocycles. The number of amides is 1. The number of aromatic nitrogens is 1. The lowest BCUT2D eigenvalue weighted by molar-refractivity contribution is 0.0940. The van der Waals surface area contributed by atoms with Crippen molar-refractivity contribution in [3.05, 3.63) is 42.2 Å². The van der Waals surface area contributed by atoms with Gasteiger partial charge in [-0.25, -0.2) is 0 Å². The van der Waals surface area contributed by atoms with Crippen molar-refractivity contribution in [3.63, 3.8) is 0 Å². The zero-order valence-electron chi connectivity index (χ0n) is 9.44. The average molecular weight is 219 g/mol. The largest absolute Gasteiger partial charge is 0.349 e. The average Bonchev–Trinajstić information content (AvgIpc) is 2.29. The monoisotopic (exact) mass is 219 g/mol. The SMILES string of the molecule is C=CCC(C)NC(=O)c1ccnc(CN)c1. The van der Waals surface area contributed by atoms with Crippen molar-refractivity contribution in [2.45, 2.75) is 25.9 Å². The van der Waals surface area contributed by atoms with Gasteiger partial charge in [0.1, 0.15) is 0 Å².